The zero-order chi connectivity index (χ0) is 20.2. The number of rotatable bonds is 5. The van der Waals surface area contributed by atoms with Crippen LogP contribution in [-0.2, 0) is 6.42 Å². The largest absolute Gasteiger partial charge is 0.490 e. The van der Waals surface area contributed by atoms with Gasteiger partial charge in [-0.3, -0.25) is 4.79 Å². The van der Waals surface area contributed by atoms with Crippen LogP contribution in [-0.4, -0.2) is 54.5 Å². The number of piperidine rings is 1. The van der Waals surface area contributed by atoms with Gasteiger partial charge in [-0.25, -0.2) is 4.39 Å². The van der Waals surface area contributed by atoms with Gasteiger partial charge in [0.05, 0.1) is 0 Å². The molecule has 0 spiro atoms. The molecular weight excluding hydrogens is 471 g/mol. The van der Waals surface area contributed by atoms with Gasteiger partial charge in [0, 0.05) is 42.8 Å². The monoisotopic (exact) mass is 496 g/mol. The Balaban J connectivity index is 0.00000256. The van der Waals surface area contributed by atoms with Crippen molar-refractivity contribution in [2.45, 2.75) is 31.8 Å². The molecule has 0 aromatic heterocycles. The van der Waals surface area contributed by atoms with Gasteiger partial charge in [-0.1, -0.05) is 15.9 Å². The molecule has 1 saturated heterocycles. The second-order valence-electron chi connectivity index (χ2n) is 7.81. The molecule has 2 aromatic carbocycles. The molecule has 0 aliphatic carbocycles. The summed E-state index contributed by atoms with van der Waals surface area (Å²) < 4.78 is 20.0. The van der Waals surface area contributed by atoms with Crippen molar-refractivity contribution < 1.29 is 13.9 Å². The van der Waals surface area contributed by atoms with E-state index in [0.29, 0.717) is 0 Å². The van der Waals surface area contributed by atoms with Gasteiger partial charge in [0.2, 0.25) is 0 Å². The van der Waals surface area contributed by atoms with Crippen LogP contribution in [0.25, 0.3) is 0 Å². The number of carbonyl (C=O) groups is 1. The summed E-state index contributed by atoms with van der Waals surface area (Å²) >= 11 is 3.50. The SMILES string of the molecule is Cl.O=C1c2ccc(Br)cc2CCCN1CCN1CCC(Oc2ccc(F)cc2)CC1. The van der Waals surface area contributed by atoms with Crippen LogP contribution in [0, 0.1) is 5.82 Å². The van der Waals surface area contributed by atoms with Crippen LogP contribution < -0.4 is 4.74 Å². The standard InChI is InChI=1S/C23H26BrFN2O2.ClH/c24-18-3-8-22-17(16-18)2-1-11-27(23(22)28)15-14-26-12-9-21(10-13-26)29-20-6-4-19(25)5-7-20;/h3-8,16,21H,1-2,9-15H2;1H. The molecule has 162 valence electrons. The number of halogens is 3. The fraction of sp³-hybridized carbons (Fsp3) is 0.435. The predicted octanol–water partition coefficient (Wildman–Crippen LogP) is 4.94. The first-order chi connectivity index (χ1) is 14.1. The first-order valence-electron chi connectivity index (χ1n) is 10.3. The van der Waals surface area contributed by atoms with E-state index in [4.69, 9.17) is 4.74 Å². The topological polar surface area (TPSA) is 32.8 Å². The molecule has 4 nitrogen and oxygen atoms in total. The molecular formula is C23H27BrClFN2O2. The zero-order valence-electron chi connectivity index (χ0n) is 16.9. The van der Waals surface area contributed by atoms with Crippen molar-refractivity contribution in [3.63, 3.8) is 0 Å². The third-order valence-corrected chi connectivity index (χ3v) is 6.29. The lowest BCUT2D eigenvalue weighted by atomic mass is 10.0. The maximum atomic E-state index is 13.0. The number of fused-ring (bicyclic) bond motifs is 1. The number of ether oxygens (including phenoxy) is 1. The third kappa shape index (κ3) is 5.74. The molecule has 2 aromatic rings. The van der Waals surface area contributed by atoms with E-state index in [9.17, 15) is 9.18 Å². The molecule has 7 heteroatoms. The minimum absolute atomic E-state index is 0. The summed E-state index contributed by atoms with van der Waals surface area (Å²) in [5, 5.41) is 0. The molecule has 4 rings (SSSR count). The summed E-state index contributed by atoms with van der Waals surface area (Å²) in [6.07, 6.45) is 4.01. The molecule has 0 bridgehead atoms. The summed E-state index contributed by atoms with van der Waals surface area (Å²) in [7, 11) is 0. The van der Waals surface area contributed by atoms with Crippen molar-refractivity contribution in [2.24, 2.45) is 0 Å². The van der Waals surface area contributed by atoms with Crippen LogP contribution in [0.15, 0.2) is 46.9 Å². The second-order valence-corrected chi connectivity index (χ2v) is 8.73. The summed E-state index contributed by atoms with van der Waals surface area (Å²) in [6.45, 7) is 4.38. The quantitative estimate of drug-likeness (QED) is 0.586. The van der Waals surface area contributed by atoms with Gasteiger partial charge >= 0.3 is 0 Å². The van der Waals surface area contributed by atoms with Crippen molar-refractivity contribution in [1.29, 1.82) is 0 Å². The summed E-state index contributed by atoms with van der Waals surface area (Å²) in [5.41, 5.74) is 1.99. The Morgan fingerprint density at radius 1 is 1.03 bits per heavy atom. The average Bonchev–Trinajstić information content (AvgIpc) is 2.87. The van der Waals surface area contributed by atoms with Crippen LogP contribution in [0.5, 0.6) is 5.75 Å². The fourth-order valence-electron chi connectivity index (χ4n) is 4.14. The number of aryl methyl sites for hydroxylation is 1. The van der Waals surface area contributed by atoms with Gasteiger partial charge < -0.3 is 14.5 Å². The van der Waals surface area contributed by atoms with Gasteiger partial charge in [0.15, 0.2) is 0 Å². The molecule has 0 atom stereocenters. The lowest BCUT2D eigenvalue weighted by Crippen LogP contribution is -2.43. The molecule has 1 amide bonds. The van der Waals surface area contributed by atoms with Crippen molar-refractivity contribution in [3.05, 3.63) is 63.9 Å². The second kappa shape index (κ2) is 10.6. The highest BCUT2D eigenvalue weighted by Gasteiger charge is 2.25. The van der Waals surface area contributed by atoms with Gasteiger partial charge in [0.25, 0.3) is 5.91 Å². The Bertz CT molecular complexity index is 857. The first kappa shape index (κ1) is 23.0. The number of benzene rings is 2. The van der Waals surface area contributed by atoms with E-state index >= 15 is 0 Å². The molecule has 2 heterocycles. The van der Waals surface area contributed by atoms with Crippen LogP contribution in [0.1, 0.15) is 35.2 Å². The lowest BCUT2D eigenvalue weighted by Gasteiger charge is -2.33. The van der Waals surface area contributed by atoms with E-state index in [1.807, 2.05) is 17.0 Å². The number of carbonyl (C=O) groups excluding carboxylic acids is 1. The van der Waals surface area contributed by atoms with E-state index in [2.05, 4.69) is 26.9 Å². The van der Waals surface area contributed by atoms with Gasteiger partial charge in [-0.15, -0.1) is 12.4 Å². The maximum Gasteiger partial charge on any atom is 0.254 e. The Kier molecular flexibility index (Phi) is 8.14. The van der Waals surface area contributed by atoms with Crippen molar-refractivity contribution in [3.8, 4) is 5.75 Å². The molecule has 2 aliphatic heterocycles. The van der Waals surface area contributed by atoms with Crippen molar-refractivity contribution >= 4 is 34.2 Å². The van der Waals surface area contributed by atoms with E-state index in [1.165, 1.54) is 12.1 Å². The molecule has 0 unspecified atom stereocenters. The summed E-state index contributed by atoms with van der Waals surface area (Å²) in [6, 6.07) is 12.2. The minimum Gasteiger partial charge on any atom is -0.490 e. The van der Waals surface area contributed by atoms with Crippen molar-refractivity contribution in [1.82, 2.24) is 9.80 Å². The highest BCUT2D eigenvalue weighted by molar-refractivity contribution is 9.10. The molecule has 0 radical (unpaired) electrons. The lowest BCUT2D eigenvalue weighted by molar-refractivity contribution is 0.0687. The smallest absolute Gasteiger partial charge is 0.254 e. The summed E-state index contributed by atoms with van der Waals surface area (Å²) in [4.78, 5) is 17.4. The maximum absolute atomic E-state index is 13.0. The van der Waals surface area contributed by atoms with E-state index in [1.54, 1.807) is 12.1 Å². The highest BCUT2D eigenvalue weighted by atomic mass is 79.9. The van der Waals surface area contributed by atoms with Crippen LogP contribution >= 0.6 is 28.3 Å². The van der Waals surface area contributed by atoms with Crippen LogP contribution in [0.3, 0.4) is 0 Å². The molecule has 30 heavy (non-hydrogen) atoms. The number of likely N-dealkylation sites (tertiary alicyclic amines) is 1. The first-order valence-corrected chi connectivity index (χ1v) is 11.1. The fourth-order valence-corrected chi connectivity index (χ4v) is 4.55. The van der Waals surface area contributed by atoms with Crippen molar-refractivity contribution in [2.75, 3.05) is 32.7 Å². The molecule has 0 N–H and O–H groups in total. The normalized spacial score (nSPS) is 17.8. The van der Waals surface area contributed by atoms with Gasteiger partial charge in [0.1, 0.15) is 17.7 Å². The molecule has 1 fully saturated rings. The minimum atomic E-state index is -0.245. The number of amides is 1. The summed E-state index contributed by atoms with van der Waals surface area (Å²) in [5.74, 6) is 0.635. The van der Waals surface area contributed by atoms with Crippen LogP contribution in [0.4, 0.5) is 4.39 Å². The predicted molar refractivity (Wildman–Crippen MR) is 122 cm³/mol. The Hall–Kier alpha value is -1.63. The highest BCUT2D eigenvalue weighted by Crippen LogP contribution is 2.23. The molecule has 2 aliphatic rings. The Morgan fingerprint density at radius 3 is 2.50 bits per heavy atom. The third-order valence-electron chi connectivity index (χ3n) is 5.80. The zero-order valence-corrected chi connectivity index (χ0v) is 19.3. The number of hydrogen-bond acceptors (Lipinski definition) is 3. The average molecular weight is 498 g/mol. The molecule has 0 saturated carbocycles. The van der Waals surface area contributed by atoms with E-state index < -0.39 is 0 Å². The van der Waals surface area contributed by atoms with E-state index in [0.717, 1.165) is 79.8 Å². The van der Waals surface area contributed by atoms with Gasteiger partial charge in [-0.2, -0.15) is 0 Å². The van der Waals surface area contributed by atoms with E-state index in [-0.39, 0.29) is 30.2 Å². The Morgan fingerprint density at radius 2 is 1.77 bits per heavy atom. The van der Waals surface area contributed by atoms with Crippen LogP contribution in [0.2, 0.25) is 0 Å². The van der Waals surface area contributed by atoms with Gasteiger partial charge in [-0.05, 0) is 73.7 Å². The number of hydrogen-bond donors (Lipinski definition) is 0. The number of nitrogens with zero attached hydrogens (tertiary/aromatic N) is 2. The Labute approximate surface area is 191 Å².